The number of hydrogen-bond acceptors (Lipinski definition) is 3. The largest absolute Gasteiger partial charge is 0.492 e. The average molecular weight is 375 g/mol. The van der Waals surface area contributed by atoms with E-state index in [0.717, 1.165) is 5.75 Å². The number of hydrogen-bond donors (Lipinski definition) is 2. The second-order valence-corrected chi connectivity index (χ2v) is 6.31. The first kappa shape index (κ1) is 19.8. The summed E-state index contributed by atoms with van der Waals surface area (Å²) >= 11 is 5.79. The van der Waals surface area contributed by atoms with Crippen molar-refractivity contribution in [2.75, 3.05) is 19.7 Å². The van der Waals surface area contributed by atoms with Crippen molar-refractivity contribution in [2.45, 2.75) is 19.8 Å². The molecule has 138 valence electrons. The first-order valence-corrected chi connectivity index (χ1v) is 8.92. The van der Waals surface area contributed by atoms with Gasteiger partial charge in [-0.3, -0.25) is 9.59 Å². The minimum absolute atomic E-state index is 0.0572. The topological polar surface area (TPSA) is 67.4 Å². The summed E-state index contributed by atoms with van der Waals surface area (Å²) in [6.07, 6.45) is 0.926. The second kappa shape index (κ2) is 10.5. The minimum Gasteiger partial charge on any atom is -0.492 e. The number of carbonyl (C=O) groups excluding carboxylic acids is 2. The lowest BCUT2D eigenvalue weighted by molar-refractivity contribution is -0.121. The molecular weight excluding hydrogens is 352 g/mol. The Kier molecular flexibility index (Phi) is 7.96. The zero-order valence-electron chi connectivity index (χ0n) is 14.8. The van der Waals surface area contributed by atoms with Gasteiger partial charge in [0, 0.05) is 23.6 Å². The summed E-state index contributed by atoms with van der Waals surface area (Å²) < 4.78 is 5.54. The molecule has 0 fully saturated rings. The number of aryl methyl sites for hydroxylation is 1. The van der Waals surface area contributed by atoms with Gasteiger partial charge < -0.3 is 15.4 Å². The van der Waals surface area contributed by atoms with Gasteiger partial charge in [0.2, 0.25) is 5.91 Å². The molecule has 2 rings (SSSR count). The van der Waals surface area contributed by atoms with Crippen LogP contribution in [-0.2, 0) is 4.79 Å². The van der Waals surface area contributed by atoms with Crippen LogP contribution in [0.5, 0.6) is 5.75 Å². The maximum Gasteiger partial charge on any atom is 0.251 e. The lowest BCUT2D eigenvalue weighted by Gasteiger charge is -2.08. The molecule has 0 atom stereocenters. The number of halogens is 1. The number of amides is 2. The van der Waals surface area contributed by atoms with E-state index in [1.165, 1.54) is 5.56 Å². The molecule has 0 spiro atoms. The Morgan fingerprint density at radius 1 is 0.962 bits per heavy atom. The molecule has 0 heterocycles. The Morgan fingerprint density at radius 3 is 2.35 bits per heavy atom. The monoisotopic (exact) mass is 374 g/mol. The molecule has 0 aliphatic carbocycles. The van der Waals surface area contributed by atoms with Gasteiger partial charge in [0.15, 0.2) is 0 Å². The predicted octanol–water partition coefficient (Wildman–Crippen LogP) is 3.35. The average Bonchev–Trinajstić information content (AvgIpc) is 2.64. The summed E-state index contributed by atoms with van der Waals surface area (Å²) in [6.45, 7) is 3.32. The maximum atomic E-state index is 11.9. The van der Waals surface area contributed by atoms with Crippen LogP contribution >= 0.6 is 11.6 Å². The third kappa shape index (κ3) is 7.15. The number of nitrogens with one attached hydrogen (secondary N) is 2. The number of ether oxygens (including phenoxy) is 1. The highest BCUT2D eigenvalue weighted by atomic mass is 35.5. The van der Waals surface area contributed by atoms with Crippen molar-refractivity contribution < 1.29 is 14.3 Å². The van der Waals surface area contributed by atoms with Crippen molar-refractivity contribution in [3.63, 3.8) is 0 Å². The van der Waals surface area contributed by atoms with Crippen LogP contribution in [0.2, 0.25) is 5.02 Å². The molecule has 0 saturated heterocycles. The molecule has 0 saturated carbocycles. The van der Waals surface area contributed by atoms with Crippen LogP contribution in [0.25, 0.3) is 0 Å². The highest BCUT2D eigenvalue weighted by Crippen LogP contribution is 2.11. The summed E-state index contributed by atoms with van der Waals surface area (Å²) in [5.74, 6) is 0.557. The lowest BCUT2D eigenvalue weighted by Crippen LogP contribution is -2.29. The molecule has 2 amide bonds. The number of carbonyl (C=O) groups is 2. The molecule has 2 N–H and O–H groups in total. The molecule has 0 bridgehead atoms. The van der Waals surface area contributed by atoms with E-state index in [9.17, 15) is 9.59 Å². The maximum absolute atomic E-state index is 11.9. The van der Waals surface area contributed by atoms with Crippen LogP contribution in [0.1, 0.15) is 28.8 Å². The van der Waals surface area contributed by atoms with Crippen LogP contribution < -0.4 is 15.4 Å². The van der Waals surface area contributed by atoms with Gasteiger partial charge in [-0.1, -0.05) is 29.3 Å². The van der Waals surface area contributed by atoms with Gasteiger partial charge in [0.25, 0.3) is 5.91 Å². The first-order valence-electron chi connectivity index (χ1n) is 8.54. The zero-order valence-corrected chi connectivity index (χ0v) is 15.5. The Balaban J connectivity index is 1.54. The summed E-state index contributed by atoms with van der Waals surface area (Å²) in [6, 6.07) is 14.4. The lowest BCUT2D eigenvalue weighted by atomic mass is 10.2. The summed E-state index contributed by atoms with van der Waals surface area (Å²) in [5, 5.41) is 6.17. The Morgan fingerprint density at radius 2 is 1.65 bits per heavy atom. The van der Waals surface area contributed by atoms with Crippen LogP contribution in [0.3, 0.4) is 0 Å². The minimum atomic E-state index is -0.173. The first-order chi connectivity index (χ1) is 12.5. The summed E-state index contributed by atoms with van der Waals surface area (Å²) in [4.78, 5) is 23.7. The van der Waals surface area contributed by atoms with E-state index in [4.69, 9.17) is 16.3 Å². The van der Waals surface area contributed by atoms with Crippen molar-refractivity contribution >= 4 is 23.4 Å². The highest BCUT2D eigenvalue weighted by Gasteiger charge is 2.05. The van der Waals surface area contributed by atoms with E-state index >= 15 is 0 Å². The smallest absolute Gasteiger partial charge is 0.251 e. The second-order valence-electron chi connectivity index (χ2n) is 5.88. The van der Waals surface area contributed by atoms with Crippen LogP contribution in [0.15, 0.2) is 48.5 Å². The SMILES string of the molecule is Cc1ccc(OCCNC(=O)CCCNC(=O)c2ccc(Cl)cc2)cc1. The molecule has 0 aromatic heterocycles. The zero-order chi connectivity index (χ0) is 18.8. The third-order valence-electron chi connectivity index (χ3n) is 3.69. The fourth-order valence-electron chi connectivity index (χ4n) is 2.24. The Hall–Kier alpha value is -2.53. The van der Waals surface area contributed by atoms with Crippen molar-refractivity contribution in [3.05, 3.63) is 64.7 Å². The Labute approximate surface area is 158 Å². The highest BCUT2D eigenvalue weighted by molar-refractivity contribution is 6.30. The van der Waals surface area contributed by atoms with Crippen molar-refractivity contribution in [1.82, 2.24) is 10.6 Å². The van der Waals surface area contributed by atoms with Crippen LogP contribution in [-0.4, -0.2) is 31.5 Å². The van der Waals surface area contributed by atoms with Gasteiger partial charge in [-0.15, -0.1) is 0 Å². The standard InChI is InChI=1S/C20H23ClN2O3/c1-15-4-10-18(11-5-15)26-14-13-22-19(24)3-2-12-23-20(25)16-6-8-17(21)9-7-16/h4-11H,2-3,12-14H2,1H3,(H,22,24)(H,23,25). The van der Waals surface area contributed by atoms with E-state index in [1.807, 2.05) is 31.2 Å². The fourth-order valence-corrected chi connectivity index (χ4v) is 2.36. The fraction of sp³-hybridized carbons (Fsp3) is 0.300. The van der Waals surface area contributed by atoms with Gasteiger partial charge in [0.05, 0.1) is 6.54 Å². The van der Waals surface area contributed by atoms with Crippen molar-refractivity contribution in [2.24, 2.45) is 0 Å². The van der Waals surface area contributed by atoms with Gasteiger partial charge in [-0.25, -0.2) is 0 Å². The van der Waals surface area contributed by atoms with Crippen molar-refractivity contribution in [3.8, 4) is 5.75 Å². The van der Waals surface area contributed by atoms with E-state index < -0.39 is 0 Å². The van der Waals surface area contributed by atoms with Gasteiger partial charge in [-0.2, -0.15) is 0 Å². The van der Waals surface area contributed by atoms with Gasteiger partial charge >= 0.3 is 0 Å². The Bertz CT molecular complexity index is 715. The molecule has 0 aliphatic heterocycles. The van der Waals surface area contributed by atoms with Gasteiger partial charge in [-0.05, 0) is 49.7 Å². The quantitative estimate of drug-likeness (QED) is 0.661. The molecule has 0 radical (unpaired) electrons. The summed E-state index contributed by atoms with van der Waals surface area (Å²) in [5.41, 5.74) is 1.72. The van der Waals surface area contributed by atoms with Crippen molar-refractivity contribution in [1.29, 1.82) is 0 Å². The molecule has 26 heavy (non-hydrogen) atoms. The van der Waals surface area contributed by atoms with E-state index in [2.05, 4.69) is 10.6 Å². The molecule has 6 heteroatoms. The van der Waals surface area contributed by atoms with Gasteiger partial charge in [0.1, 0.15) is 12.4 Å². The normalized spacial score (nSPS) is 10.2. The van der Waals surface area contributed by atoms with Crippen LogP contribution in [0, 0.1) is 6.92 Å². The molecular formula is C20H23ClN2O3. The summed E-state index contributed by atoms with van der Waals surface area (Å²) in [7, 11) is 0. The third-order valence-corrected chi connectivity index (χ3v) is 3.94. The van der Waals surface area contributed by atoms with Crippen LogP contribution in [0.4, 0.5) is 0 Å². The molecule has 0 unspecified atom stereocenters. The van der Waals surface area contributed by atoms with E-state index in [1.54, 1.807) is 24.3 Å². The molecule has 0 aliphatic rings. The van der Waals surface area contributed by atoms with E-state index in [0.29, 0.717) is 43.1 Å². The number of rotatable bonds is 9. The predicted molar refractivity (Wildman–Crippen MR) is 103 cm³/mol. The molecule has 5 nitrogen and oxygen atoms in total. The molecule has 2 aromatic rings. The van der Waals surface area contributed by atoms with E-state index in [-0.39, 0.29) is 11.8 Å². The molecule has 2 aromatic carbocycles. The number of benzene rings is 2.